The maximum atomic E-state index is 11.6. The normalized spacial score (nSPS) is 9.59. The number of hydrogen-bond acceptors (Lipinski definition) is 2. The summed E-state index contributed by atoms with van der Waals surface area (Å²) in [7, 11) is 0. The Labute approximate surface area is 112 Å². The van der Waals surface area contributed by atoms with Gasteiger partial charge >= 0.3 is 5.97 Å². The van der Waals surface area contributed by atoms with Crippen LogP contribution in [0.4, 0.5) is 0 Å². The predicted molar refractivity (Wildman–Crippen MR) is 65.3 cm³/mol. The number of amides is 1. The van der Waals surface area contributed by atoms with Crippen LogP contribution in [0, 0.1) is 0 Å². The fourth-order valence-corrected chi connectivity index (χ4v) is 1.35. The van der Waals surface area contributed by atoms with Gasteiger partial charge < -0.3 is 10.4 Å². The van der Waals surface area contributed by atoms with Gasteiger partial charge in [-0.2, -0.15) is 0 Å². The van der Waals surface area contributed by atoms with E-state index in [2.05, 4.69) is 5.32 Å². The summed E-state index contributed by atoms with van der Waals surface area (Å²) in [5, 5.41) is 11.3. The van der Waals surface area contributed by atoms with Crippen molar-refractivity contribution in [2.45, 2.75) is 0 Å². The van der Waals surface area contributed by atoms with Gasteiger partial charge in [0.1, 0.15) is 4.49 Å². The first-order chi connectivity index (χ1) is 7.91. The first-order valence-electron chi connectivity index (χ1n) is 4.27. The number of carbonyl (C=O) groups excluding carboxylic acids is 1. The van der Waals surface area contributed by atoms with E-state index in [0.717, 1.165) is 0 Å². The van der Waals surface area contributed by atoms with Gasteiger partial charge in [-0.25, -0.2) is 4.79 Å². The topological polar surface area (TPSA) is 66.4 Å². The summed E-state index contributed by atoms with van der Waals surface area (Å²) >= 11 is 16.3. The fraction of sp³-hybridized carbons (Fsp3) is 0. The number of carbonyl (C=O) groups is 2. The van der Waals surface area contributed by atoms with Crippen molar-refractivity contribution >= 4 is 46.7 Å². The molecule has 0 aliphatic rings. The van der Waals surface area contributed by atoms with E-state index < -0.39 is 22.1 Å². The van der Waals surface area contributed by atoms with E-state index in [0.29, 0.717) is 5.02 Å². The lowest BCUT2D eigenvalue weighted by Crippen LogP contribution is -2.27. The number of aliphatic carboxylic acids is 1. The van der Waals surface area contributed by atoms with Gasteiger partial charge in [0.05, 0.1) is 0 Å². The van der Waals surface area contributed by atoms with Gasteiger partial charge in [0.25, 0.3) is 5.91 Å². The summed E-state index contributed by atoms with van der Waals surface area (Å²) in [6.07, 6.45) is 0. The van der Waals surface area contributed by atoms with Crippen molar-refractivity contribution in [2.24, 2.45) is 0 Å². The number of nitrogens with one attached hydrogen (secondary N) is 1. The third-order valence-electron chi connectivity index (χ3n) is 1.75. The van der Waals surface area contributed by atoms with Crippen molar-refractivity contribution in [2.75, 3.05) is 0 Å². The molecule has 0 unspecified atom stereocenters. The molecule has 17 heavy (non-hydrogen) atoms. The molecule has 1 aromatic rings. The van der Waals surface area contributed by atoms with E-state index in [1.807, 2.05) is 0 Å². The molecule has 1 rings (SSSR count). The van der Waals surface area contributed by atoms with Gasteiger partial charge in [-0.05, 0) is 24.3 Å². The van der Waals surface area contributed by atoms with E-state index in [1.165, 1.54) is 24.3 Å². The average molecular weight is 295 g/mol. The third-order valence-corrected chi connectivity index (χ3v) is 2.38. The van der Waals surface area contributed by atoms with Crippen LogP contribution in [0.1, 0.15) is 10.4 Å². The summed E-state index contributed by atoms with van der Waals surface area (Å²) in [4.78, 5) is 22.3. The SMILES string of the molecule is O=C(O)C(NC(=O)c1ccc(Cl)cc1)=C(Cl)Cl. The van der Waals surface area contributed by atoms with Crippen LogP contribution in [0.25, 0.3) is 0 Å². The number of halogens is 3. The van der Waals surface area contributed by atoms with Crippen molar-refractivity contribution in [3.05, 3.63) is 45.0 Å². The monoisotopic (exact) mass is 293 g/mol. The number of hydrogen-bond donors (Lipinski definition) is 2. The lowest BCUT2D eigenvalue weighted by molar-refractivity contribution is -0.133. The molecule has 0 bridgehead atoms. The van der Waals surface area contributed by atoms with Crippen LogP contribution in [-0.4, -0.2) is 17.0 Å². The van der Waals surface area contributed by atoms with Gasteiger partial charge in [0.15, 0.2) is 5.70 Å². The molecule has 1 amide bonds. The van der Waals surface area contributed by atoms with Crippen LogP contribution in [-0.2, 0) is 4.79 Å². The molecule has 0 spiro atoms. The summed E-state index contributed by atoms with van der Waals surface area (Å²) < 4.78 is -0.528. The molecule has 0 aliphatic carbocycles. The molecular weight excluding hydrogens is 288 g/mol. The Morgan fingerprint density at radius 1 is 1.12 bits per heavy atom. The van der Waals surface area contributed by atoms with Crippen molar-refractivity contribution in [3.63, 3.8) is 0 Å². The minimum absolute atomic E-state index is 0.239. The minimum Gasteiger partial charge on any atom is -0.477 e. The maximum absolute atomic E-state index is 11.6. The number of benzene rings is 1. The molecule has 7 heteroatoms. The lowest BCUT2D eigenvalue weighted by atomic mass is 10.2. The molecule has 0 heterocycles. The first kappa shape index (κ1) is 13.8. The van der Waals surface area contributed by atoms with Gasteiger partial charge in [0, 0.05) is 10.6 Å². The second kappa shape index (κ2) is 5.91. The van der Waals surface area contributed by atoms with E-state index >= 15 is 0 Å². The van der Waals surface area contributed by atoms with Crippen LogP contribution in [0.15, 0.2) is 34.5 Å². The van der Waals surface area contributed by atoms with Crippen molar-refractivity contribution in [3.8, 4) is 0 Å². The highest BCUT2D eigenvalue weighted by molar-refractivity contribution is 6.57. The van der Waals surface area contributed by atoms with Crippen LogP contribution in [0.3, 0.4) is 0 Å². The zero-order valence-corrected chi connectivity index (χ0v) is 10.5. The quantitative estimate of drug-likeness (QED) is 0.842. The zero-order chi connectivity index (χ0) is 13.0. The number of carboxylic acid groups (broad SMARTS) is 1. The maximum Gasteiger partial charge on any atom is 0.354 e. The highest BCUT2D eigenvalue weighted by atomic mass is 35.5. The molecule has 0 atom stereocenters. The first-order valence-corrected chi connectivity index (χ1v) is 5.40. The van der Waals surface area contributed by atoms with Crippen molar-refractivity contribution < 1.29 is 14.7 Å². The Morgan fingerprint density at radius 2 is 1.65 bits per heavy atom. The van der Waals surface area contributed by atoms with E-state index in [1.54, 1.807) is 0 Å². The summed E-state index contributed by atoms with van der Waals surface area (Å²) in [6.45, 7) is 0. The highest BCUT2D eigenvalue weighted by Gasteiger charge is 2.16. The third kappa shape index (κ3) is 3.93. The molecule has 0 saturated heterocycles. The van der Waals surface area contributed by atoms with Crippen LogP contribution < -0.4 is 5.32 Å². The lowest BCUT2D eigenvalue weighted by Gasteiger charge is -2.05. The number of rotatable bonds is 3. The van der Waals surface area contributed by atoms with Crippen molar-refractivity contribution in [1.29, 1.82) is 0 Å². The Morgan fingerprint density at radius 3 is 2.06 bits per heavy atom. The summed E-state index contributed by atoms with van der Waals surface area (Å²) in [5.74, 6) is -2.06. The molecule has 0 radical (unpaired) electrons. The van der Waals surface area contributed by atoms with Gasteiger partial charge in [-0.1, -0.05) is 34.8 Å². The Kier molecular flexibility index (Phi) is 4.81. The van der Waals surface area contributed by atoms with Crippen LogP contribution >= 0.6 is 34.8 Å². The minimum atomic E-state index is -1.42. The average Bonchev–Trinajstić information content (AvgIpc) is 2.25. The summed E-state index contributed by atoms with van der Waals surface area (Å²) in [6, 6.07) is 5.89. The highest BCUT2D eigenvalue weighted by Crippen LogP contribution is 2.14. The van der Waals surface area contributed by atoms with Crippen molar-refractivity contribution in [1.82, 2.24) is 5.32 Å². The smallest absolute Gasteiger partial charge is 0.354 e. The molecule has 90 valence electrons. The fourth-order valence-electron chi connectivity index (χ4n) is 0.969. The predicted octanol–water partition coefficient (Wildman–Crippen LogP) is 2.80. The Balaban J connectivity index is 2.89. The number of carboxylic acids is 1. The molecule has 0 saturated carbocycles. The Bertz CT molecular complexity index is 478. The largest absolute Gasteiger partial charge is 0.477 e. The molecule has 0 aliphatic heterocycles. The van der Waals surface area contributed by atoms with Crippen LogP contribution in [0.2, 0.25) is 5.02 Å². The molecule has 1 aromatic carbocycles. The second-order valence-corrected chi connectivity index (χ2v) is 4.29. The van der Waals surface area contributed by atoms with Crippen LogP contribution in [0.5, 0.6) is 0 Å². The molecule has 2 N–H and O–H groups in total. The molecule has 0 aromatic heterocycles. The van der Waals surface area contributed by atoms with E-state index in [9.17, 15) is 9.59 Å². The Hall–Kier alpha value is -1.23. The summed E-state index contributed by atoms with van der Waals surface area (Å²) in [5.41, 5.74) is -0.337. The molecule has 4 nitrogen and oxygen atoms in total. The zero-order valence-electron chi connectivity index (χ0n) is 8.21. The molecule has 0 fully saturated rings. The van der Waals surface area contributed by atoms with Gasteiger partial charge in [-0.15, -0.1) is 0 Å². The van der Waals surface area contributed by atoms with Gasteiger partial charge in [0.2, 0.25) is 0 Å². The van der Waals surface area contributed by atoms with E-state index in [4.69, 9.17) is 39.9 Å². The second-order valence-electron chi connectivity index (χ2n) is 2.90. The molecular formula is C10H6Cl3NO3. The van der Waals surface area contributed by atoms with Gasteiger partial charge in [-0.3, -0.25) is 4.79 Å². The van der Waals surface area contributed by atoms with E-state index in [-0.39, 0.29) is 5.56 Å². The standard InChI is InChI=1S/C10H6Cl3NO3/c11-6-3-1-5(2-4-6)9(15)14-7(8(12)13)10(16)17/h1-4H,(H,14,15)(H,16,17).